The van der Waals surface area contributed by atoms with Gasteiger partial charge in [0.2, 0.25) is 17.5 Å². The molecule has 1 aliphatic carbocycles. The van der Waals surface area contributed by atoms with E-state index in [-0.39, 0.29) is 17.5 Å². The zero-order valence-electron chi connectivity index (χ0n) is 23.2. The second kappa shape index (κ2) is 12.0. The number of nitriles is 1. The number of ketones is 1. The highest BCUT2D eigenvalue weighted by atomic mass is 32.1. The Morgan fingerprint density at radius 3 is 2.75 bits per heavy atom. The summed E-state index contributed by atoms with van der Waals surface area (Å²) in [5.41, 5.74) is 16.6. The number of fused-ring (bicyclic) bond motifs is 1. The van der Waals surface area contributed by atoms with Crippen molar-refractivity contribution in [2.45, 2.75) is 70.8 Å². The number of aromatic nitrogens is 3. The van der Waals surface area contributed by atoms with Crippen LogP contribution in [-0.2, 0) is 6.42 Å². The Kier molecular flexibility index (Phi) is 8.49. The first-order valence-corrected chi connectivity index (χ1v) is 15.5. The maximum absolute atomic E-state index is 14.1. The molecule has 4 heterocycles. The maximum Gasteiger partial charge on any atom is 0.228 e. The van der Waals surface area contributed by atoms with Crippen molar-refractivity contribution in [1.29, 1.82) is 5.26 Å². The number of nitrogen functional groups attached to an aromatic ring is 1. The van der Waals surface area contributed by atoms with E-state index in [9.17, 15) is 10.1 Å². The van der Waals surface area contributed by atoms with Gasteiger partial charge in [0.25, 0.3) is 0 Å². The SMILES string of the molecule is CCC/C(C(=O)c1nc(OC[C@@H]2CCCN2C)cc(-c2csc(C)n2)n1)=C(/N)[C@H]1CCCc2sc(N)c(C#N)c21. The molecular formula is C29H35N7O2S2. The lowest BCUT2D eigenvalue weighted by atomic mass is 9.80. The van der Waals surface area contributed by atoms with Crippen molar-refractivity contribution in [3.63, 3.8) is 0 Å². The van der Waals surface area contributed by atoms with Gasteiger partial charge in [0, 0.05) is 39.6 Å². The van der Waals surface area contributed by atoms with Gasteiger partial charge in [-0.3, -0.25) is 4.79 Å². The first kappa shape index (κ1) is 28.2. The number of likely N-dealkylation sites (N-methyl/N-ethyl adjacent to an activating group) is 1. The summed E-state index contributed by atoms with van der Waals surface area (Å²) in [6, 6.07) is 4.33. The third kappa shape index (κ3) is 5.61. The van der Waals surface area contributed by atoms with Gasteiger partial charge in [-0.2, -0.15) is 10.2 Å². The van der Waals surface area contributed by atoms with Crippen molar-refractivity contribution in [2.75, 3.05) is 25.9 Å². The average molecular weight is 578 g/mol. The van der Waals surface area contributed by atoms with Crippen LogP contribution >= 0.6 is 22.7 Å². The zero-order chi connectivity index (χ0) is 28.4. The molecule has 5 rings (SSSR count). The third-order valence-electron chi connectivity index (χ3n) is 7.79. The Morgan fingerprint density at radius 2 is 2.08 bits per heavy atom. The fraction of sp³-hybridized carbons (Fsp3) is 0.483. The molecule has 1 saturated heterocycles. The van der Waals surface area contributed by atoms with E-state index in [0.717, 1.165) is 60.5 Å². The number of allylic oxidation sites excluding steroid dienone is 2. The standard InChI is InChI=1S/C29H35N7O2S2/c1-4-7-19(26(31)18-9-5-10-23-25(18)20(13-30)28(32)40-23)27(37)29-34-21(22-15-39-16(2)33-22)12-24(35-29)38-14-17-8-6-11-36(17)3/h12,15,17-18H,4-11,14,31-32H2,1-3H3/b26-19-/t17-,18-/m0/s1. The van der Waals surface area contributed by atoms with E-state index in [1.165, 1.54) is 22.7 Å². The first-order valence-electron chi connectivity index (χ1n) is 13.8. The maximum atomic E-state index is 14.1. The lowest BCUT2D eigenvalue weighted by molar-refractivity contribution is 0.101. The number of hydrogen-bond donors (Lipinski definition) is 2. The van der Waals surface area contributed by atoms with E-state index in [2.05, 4.69) is 33.0 Å². The highest BCUT2D eigenvalue weighted by molar-refractivity contribution is 7.16. The van der Waals surface area contributed by atoms with E-state index < -0.39 is 0 Å². The number of anilines is 1. The predicted molar refractivity (Wildman–Crippen MR) is 159 cm³/mol. The summed E-state index contributed by atoms with van der Waals surface area (Å²) >= 11 is 2.98. The molecular weight excluding hydrogens is 543 g/mol. The molecule has 2 aliphatic rings. The van der Waals surface area contributed by atoms with E-state index in [0.29, 0.717) is 58.2 Å². The topological polar surface area (TPSA) is 144 Å². The van der Waals surface area contributed by atoms with Crippen LogP contribution in [0.5, 0.6) is 5.88 Å². The van der Waals surface area contributed by atoms with Gasteiger partial charge in [0.15, 0.2) is 0 Å². The molecule has 2 atom stereocenters. The molecule has 11 heteroatoms. The van der Waals surface area contributed by atoms with Gasteiger partial charge in [0.1, 0.15) is 23.4 Å². The van der Waals surface area contributed by atoms with Gasteiger partial charge in [-0.25, -0.2) is 9.97 Å². The number of rotatable bonds is 9. The fourth-order valence-electron chi connectivity index (χ4n) is 5.67. The molecule has 3 aromatic rings. The number of likely N-dealkylation sites (tertiary alicyclic amines) is 1. The number of hydrogen-bond acceptors (Lipinski definition) is 11. The summed E-state index contributed by atoms with van der Waals surface area (Å²) in [5, 5.41) is 13.2. The number of nitrogens with zero attached hydrogens (tertiary/aromatic N) is 5. The summed E-state index contributed by atoms with van der Waals surface area (Å²) in [5.74, 6) is -0.156. The van der Waals surface area contributed by atoms with Crippen LogP contribution in [-0.4, -0.2) is 51.9 Å². The number of thiazole rings is 1. The minimum Gasteiger partial charge on any atom is -0.476 e. The monoisotopic (exact) mass is 577 g/mol. The van der Waals surface area contributed by atoms with E-state index in [1.54, 1.807) is 6.07 Å². The lowest BCUT2D eigenvalue weighted by Crippen LogP contribution is -2.30. The fourth-order valence-corrected chi connectivity index (χ4v) is 7.40. The van der Waals surface area contributed by atoms with Crippen LogP contribution in [0.4, 0.5) is 5.00 Å². The van der Waals surface area contributed by atoms with Crippen LogP contribution in [0.2, 0.25) is 0 Å². The summed E-state index contributed by atoms with van der Waals surface area (Å²) in [6.45, 7) is 5.47. The van der Waals surface area contributed by atoms with Gasteiger partial charge < -0.3 is 21.1 Å². The number of ether oxygens (including phenoxy) is 1. The van der Waals surface area contributed by atoms with Crippen molar-refractivity contribution in [2.24, 2.45) is 5.73 Å². The molecule has 0 bridgehead atoms. The van der Waals surface area contributed by atoms with Gasteiger partial charge in [-0.15, -0.1) is 22.7 Å². The molecule has 1 fully saturated rings. The highest BCUT2D eigenvalue weighted by Gasteiger charge is 2.32. The highest BCUT2D eigenvalue weighted by Crippen LogP contribution is 2.45. The molecule has 4 N–H and O–H groups in total. The molecule has 210 valence electrons. The van der Waals surface area contributed by atoms with Crippen molar-refractivity contribution in [1.82, 2.24) is 19.9 Å². The van der Waals surface area contributed by atoms with Crippen molar-refractivity contribution in [3.05, 3.63) is 49.6 Å². The predicted octanol–water partition coefficient (Wildman–Crippen LogP) is 5.21. The first-order chi connectivity index (χ1) is 19.3. The van der Waals surface area contributed by atoms with Crippen LogP contribution in [0.1, 0.15) is 83.0 Å². The number of thiophene rings is 1. The molecule has 9 nitrogen and oxygen atoms in total. The summed E-state index contributed by atoms with van der Waals surface area (Å²) in [4.78, 5) is 31.3. The molecule has 0 aromatic carbocycles. The largest absolute Gasteiger partial charge is 0.476 e. The minimum absolute atomic E-state index is 0.0469. The normalized spacial score (nSPS) is 19.6. The summed E-state index contributed by atoms with van der Waals surface area (Å²) in [7, 11) is 2.10. The Balaban J connectivity index is 1.54. The van der Waals surface area contributed by atoms with Crippen LogP contribution < -0.4 is 16.2 Å². The Morgan fingerprint density at radius 1 is 1.25 bits per heavy atom. The van der Waals surface area contributed by atoms with Crippen molar-refractivity contribution < 1.29 is 9.53 Å². The summed E-state index contributed by atoms with van der Waals surface area (Å²) < 4.78 is 6.15. The van der Waals surface area contributed by atoms with Gasteiger partial charge in [-0.05, 0) is 64.6 Å². The van der Waals surface area contributed by atoms with E-state index >= 15 is 0 Å². The van der Waals surface area contributed by atoms with Crippen LogP contribution in [0.25, 0.3) is 11.4 Å². The quantitative estimate of drug-likeness (QED) is 0.258. The number of Topliss-reactive ketones (excluding diaryl/α,β-unsaturated/α-hetero) is 1. The lowest BCUT2D eigenvalue weighted by Gasteiger charge is -2.25. The second-order valence-electron chi connectivity index (χ2n) is 10.5. The minimum atomic E-state index is -0.315. The van der Waals surface area contributed by atoms with Crippen LogP contribution in [0, 0.1) is 18.3 Å². The number of carbonyl (C=O) groups is 1. The van der Waals surface area contributed by atoms with E-state index in [1.807, 2.05) is 19.2 Å². The van der Waals surface area contributed by atoms with Crippen LogP contribution in [0.3, 0.4) is 0 Å². The number of nitrogens with two attached hydrogens (primary N) is 2. The molecule has 1 aliphatic heterocycles. The molecule has 0 unspecified atom stereocenters. The molecule has 0 saturated carbocycles. The van der Waals surface area contributed by atoms with Crippen molar-refractivity contribution in [3.8, 4) is 23.3 Å². The Hall–Kier alpha value is -3.33. The zero-order valence-corrected chi connectivity index (χ0v) is 24.8. The molecule has 0 radical (unpaired) electrons. The molecule has 3 aromatic heterocycles. The molecule has 0 amide bonds. The second-order valence-corrected chi connectivity index (χ2v) is 12.7. The van der Waals surface area contributed by atoms with Crippen LogP contribution in [0.15, 0.2) is 22.7 Å². The molecule has 40 heavy (non-hydrogen) atoms. The van der Waals surface area contributed by atoms with Gasteiger partial charge in [0.05, 0.1) is 16.3 Å². The Labute approximate surface area is 242 Å². The average Bonchev–Trinajstić information content (AvgIpc) is 3.66. The van der Waals surface area contributed by atoms with E-state index in [4.69, 9.17) is 16.2 Å². The van der Waals surface area contributed by atoms with Gasteiger partial charge in [-0.1, -0.05) is 13.3 Å². The number of carbonyl (C=O) groups excluding carboxylic acids is 1. The smallest absolute Gasteiger partial charge is 0.228 e. The van der Waals surface area contributed by atoms with Gasteiger partial charge >= 0.3 is 0 Å². The third-order valence-corrected chi connectivity index (χ3v) is 9.65. The summed E-state index contributed by atoms with van der Waals surface area (Å²) in [6.07, 6.45) is 5.93. The number of aryl methyl sites for hydroxylation is 2. The van der Waals surface area contributed by atoms with Crippen molar-refractivity contribution >= 4 is 33.5 Å². The molecule has 0 spiro atoms. The Bertz CT molecular complexity index is 1490.